The molecule has 1 aromatic carbocycles. The summed E-state index contributed by atoms with van der Waals surface area (Å²) < 4.78 is 0. The van der Waals surface area contributed by atoms with Crippen molar-refractivity contribution in [2.75, 3.05) is 0 Å². The Morgan fingerprint density at radius 2 is 1.59 bits per heavy atom. The molecule has 4 aliphatic carbocycles. The molecule has 116 valence electrons. The van der Waals surface area contributed by atoms with Crippen LogP contribution >= 0.6 is 0 Å². The van der Waals surface area contributed by atoms with E-state index in [0.717, 1.165) is 23.3 Å². The van der Waals surface area contributed by atoms with Gasteiger partial charge in [-0.1, -0.05) is 12.1 Å². The standard InChI is InChI=1S/C19H23NO2/c21-17-4-1-13(2-5-17)3-6-18(22)20-19-10-14-7-15(11-19)9-16(8-14)12-19/h1-6,14-16,21H,7-12H2,(H,20,22)/b6-3+. The van der Waals surface area contributed by atoms with Gasteiger partial charge in [-0.25, -0.2) is 0 Å². The fraction of sp³-hybridized carbons (Fsp3) is 0.526. The van der Waals surface area contributed by atoms with E-state index in [9.17, 15) is 9.90 Å². The van der Waals surface area contributed by atoms with Gasteiger partial charge < -0.3 is 10.4 Å². The van der Waals surface area contributed by atoms with Crippen LogP contribution in [-0.4, -0.2) is 16.6 Å². The topological polar surface area (TPSA) is 49.3 Å². The van der Waals surface area contributed by atoms with Gasteiger partial charge in [-0.3, -0.25) is 4.79 Å². The lowest BCUT2D eigenvalue weighted by molar-refractivity contribution is -0.122. The van der Waals surface area contributed by atoms with Gasteiger partial charge in [0.05, 0.1) is 0 Å². The number of amides is 1. The average Bonchev–Trinajstić information content (AvgIpc) is 2.44. The van der Waals surface area contributed by atoms with E-state index in [1.165, 1.54) is 38.5 Å². The number of benzene rings is 1. The molecule has 3 nitrogen and oxygen atoms in total. The van der Waals surface area contributed by atoms with Crippen molar-refractivity contribution in [2.24, 2.45) is 17.8 Å². The number of phenolic OH excluding ortho intramolecular Hbond substituents is 1. The molecule has 0 spiro atoms. The fourth-order valence-corrected chi connectivity index (χ4v) is 5.32. The molecule has 0 aromatic heterocycles. The number of phenols is 1. The number of hydrogen-bond acceptors (Lipinski definition) is 2. The summed E-state index contributed by atoms with van der Waals surface area (Å²) in [6, 6.07) is 6.89. The number of carbonyl (C=O) groups is 1. The van der Waals surface area contributed by atoms with Crippen LogP contribution in [0.5, 0.6) is 5.75 Å². The molecule has 4 bridgehead atoms. The Labute approximate surface area is 131 Å². The third kappa shape index (κ3) is 2.65. The summed E-state index contributed by atoms with van der Waals surface area (Å²) in [6.45, 7) is 0. The van der Waals surface area contributed by atoms with Crippen LogP contribution in [0, 0.1) is 17.8 Å². The van der Waals surface area contributed by atoms with Gasteiger partial charge in [-0.2, -0.15) is 0 Å². The Kier molecular flexibility index (Phi) is 3.24. The van der Waals surface area contributed by atoms with Crippen molar-refractivity contribution < 1.29 is 9.90 Å². The maximum atomic E-state index is 12.3. The molecule has 22 heavy (non-hydrogen) atoms. The van der Waals surface area contributed by atoms with Gasteiger partial charge in [-0.15, -0.1) is 0 Å². The largest absolute Gasteiger partial charge is 0.508 e. The van der Waals surface area contributed by atoms with Gasteiger partial charge in [0.1, 0.15) is 5.75 Å². The third-order valence-electron chi connectivity index (χ3n) is 5.75. The van der Waals surface area contributed by atoms with Crippen LogP contribution in [0.4, 0.5) is 0 Å². The second kappa shape index (κ2) is 5.15. The summed E-state index contributed by atoms with van der Waals surface area (Å²) in [5, 5.41) is 12.6. The molecule has 0 unspecified atom stereocenters. The number of carbonyl (C=O) groups excluding carboxylic acids is 1. The van der Waals surface area contributed by atoms with Gasteiger partial charge >= 0.3 is 0 Å². The lowest BCUT2D eigenvalue weighted by atomic mass is 9.53. The van der Waals surface area contributed by atoms with Gasteiger partial charge in [0.2, 0.25) is 5.91 Å². The highest BCUT2D eigenvalue weighted by atomic mass is 16.3. The summed E-state index contributed by atoms with van der Waals surface area (Å²) in [5.74, 6) is 2.79. The van der Waals surface area contributed by atoms with E-state index in [0.29, 0.717) is 0 Å². The van der Waals surface area contributed by atoms with Crippen molar-refractivity contribution in [3.05, 3.63) is 35.9 Å². The van der Waals surface area contributed by atoms with Crippen LogP contribution in [0.15, 0.2) is 30.3 Å². The molecule has 0 heterocycles. The van der Waals surface area contributed by atoms with Crippen molar-refractivity contribution >= 4 is 12.0 Å². The second-order valence-corrected chi connectivity index (χ2v) is 7.61. The number of nitrogens with one attached hydrogen (secondary N) is 1. The van der Waals surface area contributed by atoms with Crippen molar-refractivity contribution in [1.29, 1.82) is 0 Å². The maximum absolute atomic E-state index is 12.3. The molecule has 1 amide bonds. The number of hydrogen-bond donors (Lipinski definition) is 2. The first-order valence-corrected chi connectivity index (χ1v) is 8.39. The third-order valence-corrected chi connectivity index (χ3v) is 5.75. The molecule has 4 aliphatic rings. The first-order valence-electron chi connectivity index (χ1n) is 8.39. The Hall–Kier alpha value is -1.77. The Morgan fingerprint density at radius 1 is 1.05 bits per heavy atom. The highest BCUT2D eigenvalue weighted by Gasteiger charge is 2.51. The predicted molar refractivity (Wildman–Crippen MR) is 86.2 cm³/mol. The lowest BCUT2D eigenvalue weighted by Gasteiger charge is -2.56. The molecule has 4 saturated carbocycles. The molecule has 0 atom stereocenters. The zero-order valence-corrected chi connectivity index (χ0v) is 12.8. The van der Waals surface area contributed by atoms with Crippen LogP contribution in [0.25, 0.3) is 6.08 Å². The van der Waals surface area contributed by atoms with Crippen LogP contribution in [0.2, 0.25) is 0 Å². The molecule has 1 aromatic rings. The summed E-state index contributed by atoms with van der Waals surface area (Å²) in [7, 11) is 0. The van der Waals surface area contributed by atoms with E-state index in [-0.39, 0.29) is 17.2 Å². The van der Waals surface area contributed by atoms with Crippen LogP contribution in [0.3, 0.4) is 0 Å². The van der Waals surface area contributed by atoms with Crippen molar-refractivity contribution in [2.45, 2.75) is 44.1 Å². The Bertz CT molecular complexity index is 567. The highest BCUT2D eigenvalue weighted by Crippen LogP contribution is 2.55. The number of rotatable bonds is 3. The molecule has 0 aliphatic heterocycles. The zero-order chi connectivity index (χ0) is 15.2. The zero-order valence-electron chi connectivity index (χ0n) is 12.8. The van der Waals surface area contributed by atoms with E-state index < -0.39 is 0 Å². The molecular formula is C19H23NO2. The summed E-state index contributed by atoms with van der Waals surface area (Å²) in [4.78, 5) is 12.3. The first-order chi connectivity index (χ1) is 10.6. The lowest BCUT2D eigenvalue weighted by Crippen LogP contribution is -2.59. The average molecular weight is 297 g/mol. The van der Waals surface area contributed by atoms with Crippen molar-refractivity contribution in [3.63, 3.8) is 0 Å². The van der Waals surface area contributed by atoms with Crippen molar-refractivity contribution in [3.8, 4) is 5.75 Å². The molecule has 0 radical (unpaired) electrons. The fourth-order valence-electron chi connectivity index (χ4n) is 5.32. The van der Waals surface area contributed by atoms with Crippen LogP contribution < -0.4 is 5.32 Å². The predicted octanol–water partition coefficient (Wildman–Crippen LogP) is 3.49. The molecule has 5 rings (SSSR count). The molecular weight excluding hydrogens is 274 g/mol. The molecule has 3 heteroatoms. The van der Waals surface area contributed by atoms with Gasteiger partial charge in [-0.05, 0) is 80.1 Å². The van der Waals surface area contributed by atoms with E-state index in [1.807, 2.05) is 18.2 Å². The van der Waals surface area contributed by atoms with Crippen LogP contribution in [0.1, 0.15) is 44.1 Å². The highest BCUT2D eigenvalue weighted by molar-refractivity contribution is 5.92. The summed E-state index contributed by atoms with van der Waals surface area (Å²) in [6.07, 6.45) is 11.1. The monoisotopic (exact) mass is 297 g/mol. The Balaban J connectivity index is 1.42. The maximum Gasteiger partial charge on any atom is 0.244 e. The minimum atomic E-state index is 0.0232. The quantitative estimate of drug-likeness (QED) is 0.839. The second-order valence-electron chi connectivity index (χ2n) is 7.61. The first kappa shape index (κ1) is 13.9. The normalized spacial score (nSPS) is 35.9. The summed E-state index contributed by atoms with van der Waals surface area (Å²) >= 11 is 0. The number of aromatic hydroxyl groups is 1. The molecule has 4 fully saturated rings. The SMILES string of the molecule is O=C(/C=C/c1ccc(O)cc1)NC12CC3CC(CC(C3)C1)C2. The van der Waals surface area contributed by atoms with Gasteiger partial charge in [0.25, 0.3) is 0 Å². The van der Waals surface area contributed by atoms with Crippen molar-refractivity contribution in [1.82, 2.24) is 5.32 Å². The minimum absolute atomic E-state index is 0.0232. The van der Waals surface area contributed by atoms with Gasteiger partial charge in [0.15, 0.2) is 0 Å². The Morgan fingerprint density at radius 3 is 2.14 bits per heavy atom. The molecule has 0 saturated heterocycles. The minimum Gasteiger partial charge on any atom is -0.508 e. The van der Waals surface area contributed by atoms with E-state index in [4.69, 9.17) is 0 Å². The molecule has 2 N–H and O–H groups in total. The van der Waals surface area contributed by atoms with Gasteiger partial charge in [0, 0.05) is 11.6 Å². The smallest absolute Gasteiger partial charge is 0.244 e. The van der Waals surface area contributed by atoms with E-state index in [2.05, 4.69) is 5.32 Å². The van der Waals surface area contributed by atoms with E-state index in [1.54, 1.807) is 18.2 Å². The van der Waals surface area contributed by atoms with E-state index >= 15 is 0 Å². The van der Waals surface area contributed by atoms with Crippen LogP contribution in [-0.2, 0) is 4.79 Å². The summed E-state index contributed by atoms with van der Waals surface area (Å²) in [5.41, 5.74) is 1.00.